The molecule has 0 saturated carbocycles. The highest BCUT2D eigenvalue weighted by Gasteiger charge is 2.33. The Balaban J connectivity index is 1.92. The number of thioether (sulfide) groups is 1. The maximum atomic E-state index is 12.5. The van der Waals surface area contributed by atoms with Crippen molar-refractivity contribution in [3.63, 3.8) is 0 Å². The molecule has 1 aromatic carbocycles. The summed E-state index contributed by atoms with van der Waals surface area (Å²) in [5, 5.41) is 0. The Kier molecular flexibility index (Phi) is 4.53. The van der Waals surface area contributed by atoms with Crippen LogP contribution in [0.4, 0.5) is 5.69 Å². The van der Waals surface area contributed by atoms with Crippen LogP contribution in [0.15, 0.2) is 50.2 Å². The van der Waals surface area contributed by atoms with Crippen molar-refractivity contribution in [1.82, 2.24) is 0 Å². The lowest BCUT2D eigenvalue weighted by atomic mass is 10.3. The third kappa shape index (κ3) is 3.25. The van der Waals surface area contributed by atoms with Gasteiger partial charge in [0.05, 0.1) is 10.6 Å². The lowest BCUT2D eigenvalue weighted by Gasteiger charge is -2.14. The zero-order valence-corrected chi connectivity index (χ0v) is 15.8. The van der Waals surface area contributed by atoms with Gasteiger partial charge in [0.2, 0.25) is 0 Å². The van der Waals surface area contributed by atoms with Crippen LogP contribution in [-0.2, 0) is 4.79 Å². The Labute approximate surface area is 153 Å². The number of rotatable bonds is 2. The second-order valence-corrected chi connectivity index (χ2v) is 7.79. The van der Waals surface area contributed by atoms with E-state index in [1.54, 1.807) is 6.08 Å². The molecule has 0 spiro atoms. The van der Waals surface area contributed by atoms with E-state index in [4.69, 9.17) is 16.6 Å². The molecule has 3 nitrogen and oxygen atoms in total. The zero-order valence-electron chi connectivity index (χ0n) is 10.4. The van der Waals surface area contributed by atoms with Gasteiger partial charge in [-0.25, -0.2) is 0 Å². The molecule has 1 aliphatic heterocycles. The summed E-state index contributed by atoms with van der Waals surface area (Å²) in [6.45, 7) is 0. The van der Waals surface area contributed by atoms with Crippen molar-refractivity contribution < 1.29 is 9.21 Å². The summed E-state index contributed by atoms with van der Waals surface area (Å²) >= 11 is 12.1. The molecule has 0 radical (unpaired) electrons. The van der Waals surface area contributed by atoms with Crippen LogP contribution >= 0.6 is 62.5 Å². The predicted molar refractivity (Wildman–Crippen MR) is 101 cm³/mol. The van der Waals surface area contributed by atoms with E-state index < -0.39 is 0 Å². The molecule has 106 valence electrons. The third-order valence-electron chi connectivity index (χ3n) is 2.75. The molecule has 0 aliphatic carbocycles. The first-order valence-corrected chi connectivity index (χ1v) is 8.93. The Bertz CT molecular complexity index is 755. The normalized spacial score (nSPS) is 17.0. The van der Waals surface area contributed by atoms with E-state index in [0.717, 1.165) is 13.9 Å². The monoisotopic (exact) mass is 491 g/mol. The van der Waals surface area contributed by atoms with Gasteiger partial charge < -0.3 is 4.42 Å². The van der Waals surface area contributed by atoms with Gasteiger partial charge in [0.15, 0.2) is 8.09 Å². The fourth-order valence-corrected chi connectivity index (χ4v) is 3.79. The van der Waals surface area contributed by atoms with Crippen LogP contribution in [0.1, 0.15) is 5.76 Å². The number of nitrogens with zero attached hydrogens (tertiary/aromatic N) is 1. The Hall–Kier alpha value is -0.640. The van der Waals surface area contributed by atoms with Crippen molar-refractivity contribution in [2.45, 2.75) is 0 Å². The highest BCUT2D eigenvalue weighted by molar-refractivity contribution is 14.1. The molecule has 1 aromatic heterocycles. The van der Waals surface area contributed by atoms with Gasteiger partial charge in [0.1, 0.15) is 5.76 Å². The SMILES string of the molecule is O=C1/C(=C/c2ccc(I)o2)SC(=S)N1c1ccc(Br)cc1. The van der Waals surface area contributed by atoms with Crippen LogP contribution in [0.5, 0.6) is 0 Å². The molecule has 2 heterocycles. The molecule has 1 fully saturated rings. The maximum Gasteiger partial charge on any atom is 0.270 e. The maximum absolute atomic E-state index is 12.5. The lowest BCUT2D eigenvalue weighted by Crippen LogP contribution is -2.27. The molecule has 3 rings (SSSR count). The smallest absolute Gasteiger partial charge is 0.270 e. The quantitative estimate of drug-likeness (QED) is 0.334. The number of hydrogen-bond donors (Lipinski definition) is 0. The minimum atomic E-state index is -0.126. The van der Waals surface area contributed by atoms with Gasteiger partial charge in [0.25, 0.3) is 5.91 Å². The van der Waals surface area contributed by atoms with Crippen molar-refractivity contribution >= 4 is 84.5 Å². The third-order valence-corrected chi connectivity index (χ3v) is 5.16. The molecular formula is C14H7BrINO2S2. The average molecular weight is 492 g/mol. The van der Waals surface area contributed by atoms with E-state index in [0.29, 0.717) is 15.0 Å². The summed E-state index contributed by atoms with van der Waals surface area (Å²) < 4.78 is 7.72. The molecule has 0 N–H and O–H groups in total. The highest BCUT2D eigenvalue weighted by Crippen LogP contribution is 2.36. The first-order chi connectivity index (χ1) is 10.0. The van der Waals surface area contributed by atoms with Gasteiger partial charge in [-0.2, -0.15) is 0 Å². The van der Waals surface area contributed by atoms with Crippen LogP contribution in [0.25, 0.3) is 6.08 Å². The molecule has 7 heteroatoms. The van der Waals surface area contributed by atoms with E-state index in [1.807, 2.05) is 36.4 Å². The minimum absolute atomic E-state index is 0.126. The van der Waals surface area contributed by atoms with Gasteiger partial charge in [-0.1, -0.05) is 39.9 Å². The second kappa shape index (κ2) is 6.23. The number of halogens is 2. The van der Waals surface area contributed by atoms with Crippen LogP contribution in [0, 0.1) is 3.77 Å². The van der Waals surface area contributed by atoms with Crippen molar-refractivity contribution in [3.05, 3.63) is 55.3 Å². The Morgan fingerprint density at radius 2 is 1.95 bits per heavy atom. The number of furan rings is 1. The fraction of sp³-hybridized carbons (Fsp3) is 0. The molecule has 1 saturated heterocycles. The second-order valence-electron chi connectivity index (χ2n) is 4.14. The first-order valence-electron chi connectivity index (χ1n) is 5.83. The Morgan fingerprint density at radius 3 is 2.57 bits per heavy atom. The lowest BCUT2D eigenvalue weighted by molar-refractivity contribution is -0.113. The van der Waals surface area contributed by atoms with E-state index in [2.05, 4.69) is 38.5 Å². The topological polar surface area (TPSA) is 33.5 Å². The zero-order chi connectivity index (χ0) is 15.0. The summed E-state index contributed by atoms with van der Waals surface area (Å²) in [6, 6.07) is 11.1. The minimum Gasteiger partial charge on any atom is -0.451 e. The van der Waals surface area contributed by atoms with Gasteiger partial charge in [0, 0.05) is 10.5 Å². The summed E-state index contributed by atoms with van der Waals surface area (Å²) in [7, 11) is 0. The van der Waals surface area contributed by atoms with Gasteiger partial charge in [-0.3, -0.25) is 9.69 Å². The largest absolute Gasteiger partial charge is 0.451 e. The van der Waals surface area contributed by atoms with Crippen LogP contribution < -0.4 is 4.90 Å². The van der Waals surface area contributed by atoms with Crippen molar-refractivity contribution in [2.75, 3.05) is 4.90 Å². The number of anilines is 1. The van der Waals surface area contributed by atoms with E-state index in [-0.39, 0.29) is 5.91 Å². The number of benzene rings is 1. The molecule has 2 aromatic rings. The molecule has 0 bridgehead atoms. The molecule has 1 amide bonds. The number of thiocarbonyl (C=S) groups is 1. The number of hydrogen-bond acceptors (Lipinski definition) is 4. The highest BCUT2D eigenvalue weighted by atomic mass is 127. The number of carbonyl (C=O) groups is 1. The van der Waals surface area contributed by atoms with Gasteiger partial charge in [-0.05, 0) is 59.0 Å². The van der Waals surface area contributed by atoms with Crippen molar-refractivity contribution in [3.8, 4) is 0 Å². The summed E-state index contributed by atoms with van der Waals surface area (Å²) in [5.41, 5.74) is 0.762. The summed E-state index contributed by atoms with van der Waals surface area (Å²) in [4.78, 5) is 14.6. The van der Waals surface area contributed by atoms with Gasteiger partial charge >= 0.3 is 0 Å². The van der Waals surface area contributed by atoms with Crippen LogP contribution in [0.2, 0.25) is 0 Å². The van der Waals surface area contributed by atoms with Gasteiger partial charge in [-0.15, -0.1) is 0 Å². The molecule has 0 atom stereocenters. The van der Waals surface area contributed by atoms with E-state index >= 15 is 0 Å². The van der Waals surface area contributed by atoms with Crippen molar-refractivity contribution in [2.24, 2.45) is 0 Å². The van der Waals surface area contributed by atoms with Crippen LogP contribution in [0.3, 0.4) is 0 Å². The molecule has 0 unspecified atom stereocenters. The number of amides is 1. The predicted octanol–water partition coefficient (Wildman–Crippen LogP) is 5.05. The number of carbonyl (C=O) groups excluding carboxylic acids is 1. The fourth-order valence-electron chi connectivity index (χ4n) is 1.82. The van der Waals surface area contributed by atoms with E-state index in [9.17, 15) is 4.79 Å². The summed E-state index contributed by atoms with van der Waals surface area (Å²) in [5.74, 6) is 0.523. The average Bonchev–Trinajstić information content (AvgIpc) is 2.96. The molecule has 21 heavy (non-hydrogen) atoms. The van der Waals surface area contributed by atoms with Crippen LogP contribution in [-0.4, -0.2) is 10.2 Å². The summed E-state index contributed by atoms with van der Waals surface area (Å²) in [6.07, 6.45) is 1.72. The standard InChI is InChI=1S/C14H7BrINO2S2/c15-8-1-3-9(4-2-8)17-13(18)11(21-14(17)20)7-10-5-6-12(16)19-10/h1-7H/b11-7-. The van der Waals surface area contributed by atoms with E-state index in [1.165, 1.54) is 16.7 Å². The molecular weight excluding hydrogens is 485 g/mol. The first kappa shape index (κ1) is 15.3. The molecule has 1 aliphatic rings. The Morgan fingerprint density at radius 1 is 1.24 bits per heavy atom. The van der Waals surface area contributed by atoms with Crippen molar-refractivity contribution in [1.29, 1.82) is 0 Å².